The predicted molar refractivity (Wildman–Crippen MR) is 33.5 cm³/mol. The number of carbonyl (C=O) groups is 1. The number of rotatable bonds is 1. The van der Waals surface area contributed by atoms with Crippen LogP contribution in [0, 0.1) is 0 Å². The van der Waals surface area contributed by atoms with E-state index in [1.807, 2.05) is 0 Å². The quantitative estimate of drug-likeness (QED) is 0.776. The highest BCUT2D eigenvalue weighted by molar-refractivity contribution is 5.85. The zero-order valence-electron chi connectivity index (χ0n) is 6.98. The smallest absolute Gasteiger partial charge is 0.468 e. The Bertz CT molecular complexity index is 417. The lowest BCUT2D eigenvalue weighted by Gasteiger charge is -2.01. The molecule has 1 aromatic rings. The normalized spacial score (nSPS) is 12.9. The summed E-state index contributed by atoms with van der Waals surface area (Å²) >= 11 is 0. The molecule has 1 N–H and O–H groups in total. The van der Waals surface area contributed by atoms with E-state index in [9.17, 15) is 31.1 Å². The van der Waals surface area contributed by atoms with Crippen molar-refractivity contribution in [3.63, 3.8) is 0 Å². The maximum atomic E-state index is 12.1. The van der Waals surface area contributed by atoms with Crippen molar-refractivity contribution in [2.75, 3.05) is 0 Å². The molecule has 90 valence electrons. The molecule has 0 radical (unpaired) electrons. The molecule has 1 heterocycles. The van der Waals surface area contributed by atoms with Crippen molar-refractivity contribution in [1.82, 2.24) is 4.98 Å². The van der Waals surface area contributed by atoms with Gasteiger partial charge in [0.15, 0.2) is 5.69 Å². The highest BCUT2D eigenvalue weighted by Gasteiger charge is 2.46. The van der Waals surface area contributed by atoms with Crippen LogP contribution in [0.15, 0.2) is 4.42 Å². The molecule has 0 aromatic carbocycles. The molecule has 16 heavy (non-hydrogen) atoms. The average molecular weight is 249 g/mol. The van der Waals surface area contributed by atoms with Gasteiger partial charge in [-0.1, -0.05) is 0 Å². The van der Waals surface area contributed by atoms with Crippen LogP contribution in [0.3, 0.4) is 0 Å². The van der Waals surface area contributed by atoms with Gasteiger partial charge in [-0.3, -0.25) is 0 Å². The third kappa shape index (κ3) is 2.25. The van der Waals surface area contributed by atoms with Crippen molar-refractivity contribution in [2.45, 2.75) is 12.4 Å². The van der Waals surface area contributed by atoms with Crippen molar-refractivity contribution in [2.24, 2.45) is 0 Å². The highest BCUT2D eigenvalue weighted by atomic mass is 19.4. The Morgan fingerprint density at radius 2 is 1.62 bits per heavy atom. The van der Waals surface area contributed by atoms with E-state index in [2.05, 4.69) is 9.40 Å². The second kappa shape index (κ2) is 3.39. The number of oxazole rings is 1. The minimum absolute atomic E-state index is 1.89. The molecule has 0 unspecified atom stereocenters. The molecule has 10 heteroatoms. The molecule has 0 saturated heterocycles. The number of hydrogen-bond acceptors (Lipinski definition) is 3. The second-order valence-electron chi connectivity index (χ2n) is 2.50. The van der Waals surface area contributed by atoms with E-state index in [1.54, 1.807) is 0 Å². The molecule has 0 spiro atoms. The summed E-state index contributed by atoms with van der Waals surface area (Å²) in [6.07, 6.45) is -10.6. The first-order chi connectivity index (χ1) is 7.03. The van der Waals surface area contributed by atoms with Crippen LogP contribution < -0.4 is 0 Å². The van der Waals surface area contributed by atoms with Crippen molar-refractivity contribution in [3.8, 4) is 0 Å². The Morgan fingerprint density at radius 1 is 1.12 bits per heavy atom. The minimum Gasteiger partial charge on any atom is -0.475 e. The number of aromatic nitrogens is 1. The third-order valence-electron chi connectivity index (χ3n) is 1.33. The summed E-state index contributed by atoms with van der Waals surface area (Å²) in [5, 5.41) is 8.21. The number of hydrogen-bond donors (Lipinski definition) is 1. The van der Waals surface area contributed by atoms with E-state index in [0.717, 1.165) is 0 Å². The molecule has 0 atom stereocenters. The van der Waals surface area contributed by atoms with Gasteiger partial charge in [-0.25, -0.2) is 9.78 Å². The Labute approximate surface area is 82.5 Å². The van der Waals surface area contributed by atoms with Gasteiger partial charge in [0.25, 0.3) is 0 Å². The molecule has 0 saturated carbocycles. The molecule has 0 bridgehead atoms. The van der Waals surface area contributed by atoms with Crippen LogP contribution in [0.2, 0.25) is 0 Å². The van der Waals surface area contributed by atoms with Crippen LogP contribution in [0.5, 0.6) is 0 Å². The van der Waals surface area contributed by atoms with Crippen molar-refractivity contribution in [1.29, 1.82) is 0 Å². The van der Waals surface area contributed by atoms with Crippen molar-refractivity contribution < 1.29 is 40.7 Å². The summed E-state index contributed by atoms with van der Waals surface area (Å²) in [5.41, 5.74) is -2.22. The fraction of sp³-hybridized carbons (Fsp3) is 0.333. The number of carboxylic acids is 1. The standard InChI is InChI=1S/C6HF6NO3/c7-5(8,9)2-1(3(14)15)16-4(13-2)6(10,11)12/h(H,14,15). The number of nitrogens with zero attached hydrogens (tertiary/aromatic N) is 1. The first kappa shape index (κ1) is 12.3. The average Bonchev–Trinajstić information content (AvgIpc) is 2.44. The summed E-state index contributed by atoms with van der Waals surface area (Å²) in [5.74, 6) is -6.42. The largest absolute Gasteiger partial charge is 0.475 e. The third-order valence-corrected chi connectivity index (χ3v) is 1.33. The second-order valence-corrected chi connectivity index (χ2v) is 2.50. The zero-order valence-corrected chi connectivity index (χ0v) is 6.98. The molecule has 0 amide bonds. The predicted octanol–water partition coefficient (Wildman–Crippen LogP) is 2.41. The van der Waals surface area contributed by atoms with Gasteiger partial charge in [-0.05, 0) is 0 Å². The van der Waals surface area contributed by atoms with Gasteiger partial charge in [0.2, 0.25) is 5.76 Å². The van der Waals surface area contributed by atoms with Gasteiger partial charge >= 0.3 is 24.2 Å². The lowest BCUT2D eigenvalue weighted by atomic mass is 10.3. The number of aromatic carboxylic acids is 1. The fourth-order valence-corrected chi connectivity index (χ4v) is 0.778. The SMILES string of the molecule is O=C(O)c1oc(C(F)(F)F)nc1C(F)(F)F. The van der Waals surface area contributed by atoms with Gasteiger partial charge in [-0.2, -0.15) is 26.3 Å². The van der Waals surface area contributed by atoms with Crippen LogP contribution >= 0.6 is 0 Å². The minimum atomic E-state index is -5.33. The molecular weight excluding hydrogens is 248 g/mol. The van der Waals surface area contributed by atoms with E-state index in [0.29, 0.717) is 0 Å². The summed E-state index contributed by atoms with van der Waals surface area (Å²) in [7, 11) is 0. The maximum absolute atomic E-state index is 12.1. The molecule has 0 fully saturated rings. The maximum Gasteiger partial charge on any atom is 0.468 e. The molecule has 1 rings (SSSR count). The fourth-order valence-electron chi connectivity index (χ4n) is 0.778. The van der Waals surface area contributed by atoms with E-state index in [4.69, 9.17) is 5.11 Å². The summed E-state index contributed by atoms with van der Waals surface area (Å²) in [6.45, 7) is 0. The highest BCUT2D eigenvalue weighted by Crippen LogP contribution is 2.36. The Morgan fingerprint density at radius 3 is 1.88 bits per heavy atom. The lowest BCUT2D eigenvalue weighted by Crippen LogP contribution is -2.12. The molecule has 0 aliphatic rings. The van der Waals surface area contributed by atoms with Gasteiger partial charge < -0.3 is 9.52 Å². The van der Waals surface area contributed by atoms with E-state index in [1.165, 1.54) is 0 Å². The van der Waals surface area contributed by atoms with Crippen molar-refractivity contribution >= 4 is 5.97 Å². The monoisotopic (exact) mass is 249 g/mol. The molecule has 0 aliphatic heterocycles. The zero-order chi connectivity index (χ0) is 12.7. The summed E-state index contributed by atoms with van der Waals surface area (Å²) in [4.78, 5) is 12.3. The van der Waals surface area contributed by atoms with Crippen LogP contribution in [0.4, 0.5) is 26.3 Å². The molecule has 0 aliphatic carbocycles. The van der Waals surface area contributed by atoms with E-state index in [-0.39, 0.29) is 0 Å². The number of alkyl halides is 6. The Kier molecular flexibility index (Phi) is 2.61. The number of halogens is 6. The van der Waals surface area contributed by atoms with Gasteiger partial charge in [0.05, 0.1) is 0 Å². The van der Waals surface area contributed by atoms with Gasteiger partial charge in [0.1, 0.15) is 0 Å². The van der Waals surface area contributed by atoms with Crippen LogP contribution in [0.25, 0.3) is 0 Å². The first-order valence-corrected chi connectivity index (χ1v) is 3.42. The van der Waals surface area contributed by atoms with Gasteiger partial charge in [-0.15, -0.1) is 0 Å². The van der Waals surface area contributed by atoms with Gasteiger partial charge in [0, 0.05) is 0 Å². The number of carboxylic acid groups (broad SMARTS) is 1. The Balaban J connectivity index is 3.38. The summed E-state index contributed by atoms with van der Waals surface area (Å²) < 4.78 is 75.4. The van der Waals surface area contributed by atoms with Crippen LogP contribution in [-0.2, 0) is 12.4 Å². The van der Waals surface area contributed by atoms with Crippen LogP contribution in [-0.4, -0.2) is 16.1 Å². The van der Waals surface area contributed by atoms with E-state index < -0.39 is 35.7 Å². The summed E-state index contributed by atoms with van der Waals surface area (Å²) in [6, 6.07) is 0. The van der Waals surface area contributed by atoms with E-state index >= 15 is 0 Å². The van der Waals surface area contributed by atoms with Crippen LogP contribution in [0.1, 0.15) is 22.1 Å². The topological polar surface area (TPSA) is 63.3 Å². The Hall–Kier alpha value is -1.74. The first-order valence-electron chi connectivity index (χ1n) is 3.42. The lowest BCUT2D eigenvalue weighted by molar-refractivity contribution is -0.158. The molecule has 1 aromatic heterocycles. The van der Waals surface area contributed by atoms with Crippen molar-refractivity contribution in [3.05, 3.63) is 17.3 Å². The molecule has 4 nitrogen and oxygen atoms in total. The molecular formula is C6HF6NO3.